The number of nitro groups is 1. The van der Waals surface area contributed by atoms with E-state index in [-0.39, 0.29) is 12.2 Å². The summed E-state index contributed by atoms with van der Waals surface area (Å²) in [7, 11) is 0. The Morgan fingerprint density at radius 2 is 2.00 bits per heavy atom. The van der Waals surface area contributed by atoms with Gasteiger partial charge in [-0.15, -0.1) is 0 Å². The zero-order valence-corrected chi connectivity index (χ0v) is 11.2. The summed E-state index contributed by atoms with van der Waals surface area (Å²) < 4.78 is 19.4. The van der Waals surface area contributed by atoms with E-state index in [4.69, 9.17) is 4.74 Å². The molecule has 0 aliphatic heterocycles. The molecule has 0 unspecified atom stereocenters. The van der Waals surface area contributed by atoms with Crippen molar-refractivity contribution in [3.63, 3.8) is 0 Å². The summed E-state index contributed by atoms with van der Waals surface area (Å²) in [6.45, 7) is 1.56. The minimum Gasteiger partial charge on any atom is -0.488 e. The van der Waals surface area contributed by atoms with Gasteiger partial charge < -0.3 is 4.74 Å². The average Bonchev–Trinajstić information content (AvgIpc) is 2.46. The minimum atomic E-state index is -0.927. The quantitative estimate of drug-likeness (QED) is 0.480. The zero-order valence-electron chi connectivity index (χ0n) is 11.2. The third-order valence-corrected chi connectivity index (χ3v) is 3.00. The first-order valence-corrected chi connectivity index (χ1v) is 6.14. The van der Waals surface area contributed by atoms with Gasteiger partial charge in [0.05, 0.1) is 10.5 Å². The second kappa shape index (κ2) is 6.13. The van der Waals surface area contributed by atoms with Crippen LogP contribution >= 0.6 is 0 Å². The number of aldehydes is 1. The highest BCUT2D eigenvalue weighted by molar-refractivity contribution is 5.80. The van der Waals surface area contributed by atoms with E-state index in [1.807, 2.05) is 0 Å². The van der Waals surface area contributed by atoms with E-state index in [0.717, 1.165) is 11.6 Å². The first-order valence-electron chi connectivity index (χ1n) is 6.14. The van der Waals surface area contributed by atoms with E-state index >= 15 is 0 Å². The standard InChI is InChI=1S/C15H12FNO4/c1-10-4-2-5-11(8-18)15(10)21-9-12-6-3-7-13(14(12)16)17(19)20/h2-8H,9H2,1H3. The Balaban J connectivity index is 2.27. The maximum Gasteiger partial charge on any atom is 0.305 e. The first kappa shape index (κ1) is 14.6. The molecule has 0 heterocycles. The number of hydrogen-bond donors (Lipinski definition) is 0. The highest BCUT2D eigenvalue weighted by Gasteiger charge is 2.18. The summed E-state index contributed by atoms with van der Waals surface area (Å²) >= 11 is 0. The third-order valence-electron chi connectivity index (χ3n) is 3.00. The van der Waals surface area contributed by atoms with Gasteiger partial charge in [0.2, 0.25) is 5.82 Å². The fraction of sp³-hybridized carbons (Fsp3) is 0.133. The molecule has 2 rings (SSSR count). The van der Waals surface area contributed by atoms with E-state index < -0.39 is 16.4 Å². The summed E-state index contributed by atoms with van der Waals surface area (Å²) in [6, 6.07) is 8.92. The van der Waals surface area contributed by atoms with Crippen molar-refractivity contribution in [2.75, 3.05) is 0 Å². The molecule has 0 amide bonds. The van der Waals surface area contributed by atoms with Crippen molar-refractivity contribution in [2.45, 2.75) is 13.5 Å². The van der Waals surface area contributed by atoms with Crippen molar-refractivity contribution < 1.29 is 18.8 Å². The molecular formula is C15H12FNO4. The molecule has 2 aromatic rings. The highest BCUT2D eigenvalue weighted by Crippen LogP contribution is 2.25. The molecule has 0 atom stereocenters. The average molecular weight is 289 g/mol. The molecule has 21 heavy (non-hydrogen) atoms. The van der Waals surface area contributed by atoms with E-state index in [0.29, 0.717) is 17.6 Å². The number of nitro benzene ring substituents is 1. The highest BCUT2D eigenvalue weighted by atomic mass is 19.1. The Kier molecular flexibility index (Phi) is 4.27. The number of carbonyl (C=O) groups excluding carboxylic acids is 1. The van der Waals surface area contributed by atoms with Crippen LogP contribution in [0.5, 0.6) is 5.75 Å². The fourth-order valence-electron chi connectivity index (χ4n) is 1.93. The second-order valence-corrected chi connectivity index (χ2v) is 4.41. The van der Waals surface area contributed by atoms with Crippen molar-refractivity contribution in [3.05, 3.63) is 69.0 Å². The van der Waals surface area contributed by atoms with Crippen molar-refractivity contribution in [1.29, 1.82) is 0 Å². The Labute approximate surface area is 120 Å². The van der Waals surface area contributed by atoms with Gasteiger partial charge in [0, 0.05) is 11.6 Å². The van der Waals surface area contributed by atoms with Crippen LogP contribution in [0.4, 0.5) is 10.1 Å². The summed E-state index contributed by atoms with van der Waals surface area (Å²) in [5, 5.41) is 10.7. The van der Waals surface area contributed by atoms with Gasteiger partial charge in [-0.2, -0.15) is 4.39 Å². The van der Waals surface area contributed by atoms with E-state index in [1.54, 1.807) is 25.1 Å². The number of rotatable bonds is 5. The summed E-state index contributed by atoms with van der Waals surface area (Å²) in [5.41, 5.74) is 0.534. The molecule has 0 fully saturated rings. The Hall–Kier alpha value is -2.76. The SMILES string of the molecule is Cc1cccc(C=O)c1OCc1cccc([N+](=O)[O-])c1F. The molecule has 0 radical (unpaired) electrons. The van der Waals surface area contributed by atoms with Gasteiger partial charge in [-0.3, -0.25) is 14.9 Å². The molecule has 108 valence electrons. The van der Waals surface area contributed by atoms with E-state index in [9.17, 15) is 19.3 Å². The van der Waals surface area contributed by atoms with Gasteiger partial charge in [-0.05, 0) is 18.6 Å². The third kappa shape index (κ3) is 3.05. The normalized spacial score (nSPS) is 10.2. The van der Waals surface area contributed by atoms with Crippen LogP contribution in [0.1, 0.15) is 21.5 Å². The topological polar surface area (TPSA) is 69.4 Å². The number of ether oxygens (including phenoxy) is 1. The molecule has 0 saturated heterocycles. The van der Waals surface area contributed by atoms with Crippen LogP contribution in [-0.4, -0.2) is 11.2 Å². The van der Waals surface area contributed by atoms with Gasteiger partial charge in [-0.25, -0.2) is 0 Å². The number of aryl methyl sites for hydroxylation is 1. The lowest BCUT2D eigenvalue weighted by molar-refractivity contribution is -0.387. The van der Waals surface area contributed by atoms with E-state index in [2.05, 4.69) is 0 Å². The van der Waals surface area contributed by atoms with Crippen LogP contribution in [0, 0.1) is 22.9 Å². The molecule has 0 aliphatic carbocycles. The van der Waals surface area contributed by atoms with Crippen molar-refractivity contribution >= 4 is 12.0 Å². The smallest absolute Gasteiger partial charge is 0.305 e. The number of nitrogens with zero attached hydrogens (tertiary/aromatic N) is 1. The van der Waals surface area contributed by atoms with Gasteiger partial charge >= 0.3 is 5.69 Å². The van der Waals surface area contributed by atoms with Crippen LogP contribution in [0.15, 0.2) is 36.4 Å². The Bertz CT molecular complexity index is 700. The maximum atomic E-state index is 13.9. The van der Waals surface area contributed by atoms with Gasteiger partial charge in [-0.1, -0.05) is 24.3 Å². The lowest BCUT2D eigenvalue weighted by atomic mass is 10.1. The monoisotopic (exact) mass is 289 g/mol. The lowest BCUT2D eigenvalue weighted by Gasteiger charge is -2.11. The number of benzene rings is 2. The molecule has 5 nitrogen and oxygen atoms in total. The molecule has 2 aromatic carbocycles. The number of carbonyl (C=O) groups is 1. The molecule has 0 bridgehead atoms. The number of para-hydroxylation sites is 1. The first-order chi connectivity index (χ1) is 10.0. The fourth-order valence-corrected chi connectivity index (χ4v) is 1.93. The van der Waals surface area contributed by atoms with Crippen LogP contribution in [-0.2, 0) is 6.61 Å². The predicted molar refractivity (Wildman–Crippen MR) is 74.0 cm³/mol. The summed E-state index contributed by atoms with van der Waals surface area (Å²) in [5.74, 6) is -0.581. The maximum absolute atomic E-state index is 13.9. The predicted octanol–water partition coefficient (Wildman–Crippen LogP) is 3.43. The van der Waals surface area contributed by atoms with Gasteiger partial charge in [0.25, 0.3) is 0 Å². The van der Waals surface area contributed by atoms with Crippen LogP contribution in [0.25, 0.3) is 0 Å². The van der Waals surface area contributed by atoms with Gasteiger partial charge in [0.1, 0.15) is 12.4 Å². The largest absolute Gasteiger partial charge is 0.488 e. The van der Waals surface area contributed by atoms with Crippen molar-refractivity contribution in [3.8, 4) is 5.75 Å². The molecular weight excluding hydrogens is 277 g/mol. The zero-order chi connectivity index (χ0) is 15.4. The Morgan fingerprint density at radius 3 is 2.67 bits per heavy atom. The molecule has 0 spiro atoms. The molecule has 6 heteroatoms. The van der Waals surface area contributed by atoms with Crippen molar-refractivity contribution in [1.82, 2.24) is 0 Å². The van der Waals surface area contributed by atoms with Crippen LogP contribution < -0.4 is 4.74 Å². The van der Waals surface area contributed by atoms with Crippen LogP contribution in [0.3, 0.4) is 0 Å². The van der Waals surface area contributed by atoms with E-state index in [1.165, 1.54) is 12.1 Å². The van der Waals surface area contributed by atoms with Crippen LogP contribution in [0.2, 0.25) is 0 Å². The van der Waals surface area contributed by atoms with Gasteiger partial charge in [0.15, 0.2) is 6.29 Å². The minimum absolute atomic E-state index is 0.0595. The molecule has 0 aliphatic rings. The van der Waals surface area contributed by atoms with Crippen molar-refractivity contribution in [2.24, 2.45) is 0 Å². The summed E-state index contributed by atoms with van der Waals surface area (Å²) in [4.78, 5) is 20.9. The number of hydrogen-bond acceptors (Lipinski definition) is 4. The Morgan fingerprint density at radius 1 is 1.29 bits per heavy atom. The molecule has 0 saturated carbocycles. The second-order valence-electron chi connectivity index (χ2n) is 4.41. The summed E-state index contributed by atoms with van der Waals surface area (Å²) in [6.07, 6.45) is 0.645. The number of halogens is 1. The molecule has 0 N–H and O–H groups in total. The lowest BCUT2D eigenvalue weighted by Crippen LogP contribution is -2.04. The molecule has 0 aromatic heterocycles.